The molecule has 0 aromatic carbocycles. The first-order valence-corrected chi connectivity index (χ1v) is 5.85. The molecule has 1 amide bonds. The molecule has 1 aliphatic rings. The Kier molecular flexibility index (Phi) is 3.33. The summed E-state index contributed by atoms with van der Waals surface area (Å²) in [6.07, 6.45) is 2.75. The Morgan fingerprint density at radius 3 is 2.61 bits per heavy atom. The van der Waals surface area contributed by atoms with E-state index in [2.05, 4.69) is 15.6 Å². The van der Waals surface area contributed by atoms with E-state index >= 15 is 0 Å². The van der Waals surface area contributed by atoms with Crippen LogP contribution in [0.1, 0.15) is 30.1 Å². The zero-order chi connectivity index (χ0) is 13.2. The molecule has 18 heavy (non-hydrogen) atoms. The number of hydrogen-bond donors (Lipinski definition) is 4. The molecule has 1 fully saturated rings. The second kappa shape index (κ2) is 4.77. The highest BCUT2D eigenvalue weighted by Crippen LogP contribution is 2.17. The molecule has 1 aromatic rings. The summed E-state index contributed by atoms with van der Waals surface area (Å²) in [5.41, 5.74) is -1.68. The summed E-state index contributed by atoms with van der Waals surface area (Å²) in [7, 11) is 0. The van der Waals surface area contributed by atoms with Gasteiger partial charge >= 0.3 is 5.69 Å². The largest absolute Gasteiger partial charge is 0.347 e. The summed E-state index contributed by atoms with van der Waals surface area (Å²) >= 11 is 0. The van der Waals surface area contributed by atoms with Gasteiger partial charge in [-0.1, -0.05) is 0 Å². The van der Waals surface area contributed by atoms with Crippen molar-refractivity contribution in [3.05, 3.63) is 32.6 Å². The van der Waals surface area contributed by atoms with E-state index in [1.54, 1.807) is 0 Å². The van der Waals surface area contributed by atoms with E-state index in [0.29, 0.717) is 0 Å². The van der Waals surface area contributed by atoms with Crippen LogP contribution >= 0.6 is 0 Å². The lowest BCUT2D eigenvalue weighted by atomic mass is 9.90. The van der Waals surface area contributed by atoms with Gasteiger partial charge in [0, 0.05) is 11.7 Å². The van der Waals surface area contributed by atoms with Crippen molar-refractivity contribution >= 4 is 5.91 Å². The van der Waals surface area contributed by atoms with Gasteiger partial charge in [-0.2, -0.15) is 0 Å². The summed E-state index contributed by atoms with van der Waals surface area (Å²) in [6.45, 7) is 3.61. The van der Waals surface area contributed by atoms with E-state index < -0.39 is 17.2 Å². The third-order valence-electron chi connectivity index (χ3n) is 3.19. The van der Waals surface area contributed by atoms with Crippen LogP contribution in [0.3, 0.4) is 0 Å². The Bertz CT molecular complexity index is 554. The molecule has 0 spiro atoms. The number of carbonyl (C=O) groups excluding carboxylic acids is 1. The minimum atomic E-state index is -0.672. The van der Waals surface area contributed by atoms with Crippen molar-refractivity contribution in [1.82, 2.24) is 20.6 Å². The van der Waals surface area contributed by atoms with Crippen LogP contribution in [-0.4, -0.2) is 34.5 Å². The first-order chi connectivity index (χ1) is 8.50. The zero-order valence-electron chi connectivity index (χ0n) is 10.1. The number of aromatic amines is 2. The number of rotatable bonds is 2. The number of piperidine rings is 1. The first-order valence-electron chi connectivity index (χ1n) is 5.85. The minimum absolute atomic E-state index is 0.0747. The predicted octanol–water partition coefficient (Wildman–Crippen LogP) is -1.06. The molecule has 0 aliphatic carbocycles. The van der Waals surface area contributed by atoms with Gasteiger partial charge in [0.15, 0.2) is 0 Å². The van der Waals surface area contributed by atoms with Crippen LogP contribution in [0.5, 0.6) is 0 Å². The van der Waals surface area contributed by atoms with Gasteiger partial charge in [0.1, 0.15) is 5.56 Å². The minimum Gasteiger partial charge on any atom is -0.347 e. The van der Waals surface area contributed by atoms with Crippen molar-refractivity contribution in [2.45, 2.75) is 25.3 Å². The van der Waals surface area contributed by atoms with Crippen molar-refractivity contribution in [3.63, 3.8) is 0 Å². The molecule has 0 atom stereocenters. The highest BCUT2D eigenvalue weighted by molar-refractivity contribution is 5.93. The number of H-pyrrole nitrogens is 2. The maximum absolute atomic E-state index is 12.0. The van der Waals surface area contributed by atoms with Gasteiger partial charge in [-0.05, 0) is 32.9 Å². The average Bonchev–Trinajstić information content (AvgIpc) is 2.28. The molecule has 1 aromatic heterocycles. The zero-order valence-corrected chi connectivity index (χ0v) is 10.1. The SMILES string of the molecule is CC1(NC(=O)c2c[nH]c(=O)[nH]c2=O)CCNCC1. The van der Waals surface area contributed by atoms with Crippen molar-refractivity contribution in [2.24, 2.45) is 0 Å². The van der Waals surface area contributed by atoms with Crippen molar-refractivity contribution in [2.75, 3.05) is 13.1 Å². The number of carbonyl (C=O) groups is 1. The molecule has 1 saturated heterocycles. The molecule has 98 valence electrons. The van der Waals surface area contributed by atoms with E-state index in [9.17, 15) is 14.4 Å². The highest BCUT2D eigenvalue weighted by atomic mass is 16.2. The lowest BCUT2D eigenvalue weighted by Crippen LogP contribution is -2.53. The number of nitrogens with one attached hydrogen (secondary N) is 4. The summed E-state index contributed by atoms with van der Waals surface area (Å²) in [5.74, 6) is -0.461. The van der Waals surface area contributed by atoms with Gasteiger partial charge in [0.25, 0.3) is 11.5 Å². The van der Waals surface area contributed by atoms with Gasteiger partial charge in [0.2, 0.25) is 0 Å². The standard InChI is InChI=1S/C11H16N4O3/c1-11(2-4-12-5-3-11)15-9(17)7-6-13-10(18)14-8(7)16/h6,12H,2-5H2,1H3,(H,15,17)(H2,13,14,16,18). The second-order valence-electron chi connectivity index (χ2n) is 4.75. The smallest absolute Gasteiger partial charge is 0.325 e. The van der Waals surface area contributed by atoms with Gasteiger partial charge in [-0.25, -0.2) is 4.79 Å². The average molecular weight is 252 g/mol. The monoisotopic (exact) mass is 252 g/mol. The Hall–Kier alpha value is -1.89. The molecular formula is C11H16N4O3. The number of amides is 1. The maximum atomic E-state index is 12.0. The van der Waals surface area contributed by atoms with Crippen molar-refractivity contribution < 1.29 is 4.79 Å². The quantitative estimate of drug-likeness (QED) is 0.538. The maximum Gasteiger partial charge on any atom is 0.325 e. The van der Waals surface area contributed by atoms with E-state index in [0.717, 1.165) is 32.1 Å². The molecule has 0 saturated carbocycles. The molecule has 0 bridgehead atoms. The van der Waals surface area contributed by atoms with Gasteiger partial charge in [0.05, 0.1) is 0 Å². The fourth-order valence-electron chi connectivity index (χ4n) is 2.02. The number of aromatic nitrogens is 2. The van der Waals surface area contributed by atoms with Crippen molar-refractivity contribution in [3.8, 4) is 0 Å². The Balaban J connectivity index is 2.16. The Labute approximate surface area is 103 Å². The van der Waals surface area contributed by atoms with Gasteiger partial charge in [-0.3, -0.25) is 14.6 Å². The summed E-state index contributed by atoms with van der Waals surface area (Å²) < 4.78 is 0. The molecule has 1 aliphatic heterocycles. The Morgan fingerprint density at radius 2 is 2.00 bits per heavy atom. The fraction of sp³-hybridized carbons (Fsp3) is 0.545. The number of hydrogen-bond acceptors (Lipinski definition) is 4. The molecule has 7 nitrogen and oxygen atoms in total. The van der Waals surface area contributed by atoms with Crippen LogP contribution in [0.2, 0.25) is 0 Å². The summed E-state index contributed by atoms with van der Waals surface area (Å²) in [5, 5.41) is 6.06. The molecule has 7 heteroatoms. The normalized spacial score (nSPS) is 18.3. The van der Waals surface area contributed by atoms with Crippen molar-refractivity contribution in [1.29, 1.82) is 0 Å². The van der Waals surface area contributed by atoms with Crippen LogP contribution in [0, 0.1) is 0 Å². The van der Waals surface area contributed by atoms with Gasteiger partial charge in [-0.15, -0.1) is 0 Å². The van der Waals surface area contributed by atoms with Crippen LogP contribution in [0.15, 0.2) is 15.8 Å². The topological polar surface area (TPSA) is 107 Å². The lowest BCUT2D eigenvalue weighted by Gasteiger charge is -2.34. The first kappa shape index (κ1) is 12.6. The molecule has 0 radical (unpaired) electrons. The van der Waals surface area contributed by atoms with Crippen LogP contribution in [0.4, 0.5) is 0 Å². The van der Waals surface area contributed by atoms with Crippen LogP contribution in [-0.2, 0) is 0 Å². The lowest BCUT2D eigenvalue weighted by molar-refractivity contribution is 0.0885. The van der Waals surface area contributed by atoms with E-state index in [4.69, 9.17) is 0 Å². The third-order valence-corrected chi connectivity index (χ3v) is 3.19. The predicted molar refractivity (Wildman–Crippen MR) is 65.7 cm³/mol. The molecule has 2 rings (SSSR count). The van der Waals surface area contributed by atoms with E-state index in [1.807, 2.05) is 11.9 Å². The summed E-state index contributed by atoms with van der Waals surface area (Å²) in [4.78, 5) is 38.6. The van der Waals surface area contributed by atoms with Crippen LogP contribution in [0.25, 0.3) is 0 Å². The highest BCUT2D eigenvalue weighted by Gasteiger charge is 2.29. The van der Waals surface area contributed by atoms with E-state index in [-0.39, 0.29) is 11.1 Å². The molecule has 0 unspecified atom stereocenters. The molecular weight excluding hydrogens is 236 g/mol. The van der Waals surface area contributed by atoms with E-state index in [1.165, 1.54) is 0 Å². The Morgan fingerprint density at radius 1 is 1.33 bits per heavy atom. The molecule has 4 N–H and O–H groups in total. The van der Waals surface area contributed by atoms with Crippen LogP contribution < -0.4 is 21.9 Å². The summed E-state index contributed by atoms with van der Waals surface area (Å²) in [6, 6.07) is 0. The molecule has 2 heterocycles. The fourth-order valence-corrected chi connectivity index (χ4v) is 2.02. The third kappa shape index (κ3) is 2.67. The second-order valence-corrected chi connectivity index (χ2v) is 4.75. The van der Waals surface area contributed by atoms with Gasteiger partial charge < -0.3 is 15.6 Å².